The molecule has 1 nitrogen and oxygen atoms in total. The summed E-state index contributed by atoms with van der Waals surface area (Å²) in [7, 11) is 1.44. The summed E-state index contributed by atoms with van der Waals surface area (Å²) < 4.78 is 38.6. The van der Waals surface area contributed by atoms with Crippen LogP contribution in [0.3, 0.4) is 0 Å². The van der Waals surface area contributed by atoms with Gasteiger partial charge in [0.25, 0.3) is 0 Å². The molecule has 0 aromatic heterocycles. The van der Waals surface area contributed by atoms with Crippen LogP contribution >= 0.6 is 0 Å². The lowest BCUT2D eigenvalue weighted by molar-refractivity contribution is -0.0880. The third kappa shape index (κ3) is 6.89. The fourth-order valence-corrected chi connectivity index (χ4v) is 2.98. The van der Waals surface area contributed by atoms with E-state index >= 15 is 0 Å². The van der Waals surface area contributed by atoms with Crippen LogP contribution in [0.2, 0.25) is 0 Å². The van der Waals surface area contributed by atoms with Crippen molar-refractivity contribution < 1.29 is 13.2 Å². The molecule has 0 spiro atoms. The van der Waals surface area contributed by atoms with Crippen LogP contribution in [0.15, 0.2) is 63.7 Å². The van der Waals surface area contributed by atoms with Gasteiger partial charge in [0.05, 0.1) is 5.57 Å². The summed E-state index contributed by atoms with van der Waals surface area (Å²) in [6.07, 6.45) is 9.46. The molecule has 0 fully saturated rings. The molecule has 0 aromatic carbocycles. The van der Waals surface area contributed by atoms with E-state index in [0.29, 0.717) is 0 Å². The first kappa shape index (κ1) is 21.2. The standard InChI is InChI=1S/C21H28F3N/c1-16(8-6-10-18(13-15-25-5)21(22,23)24)11-12-19-17(2)9-7-14-20(19,3)4/h6,8,10-13,15H,7,9,14H2,1-5H3/b10-6+,12-11+,16-8+,18-13-,25-15?. The van der Waals surface area contributed by atoms with Crippen molar-refractivity contribution in [3.8, 4) is 0 Å². The van der Waals surface area contributed by atoms with Crippen molar-refractivity contribution in [3.63, 3.8) is 0 Å². The lowest BCUT2D eigenvalue weighted by Crippen LogP contribution is -2.19. The Morgan fingerprint density at radius 2 is 1.84 bits per heavy atom. The summed E-state index contributed by atoms with van der Waals surface area (Å²) >= 11 is 0. The van der Waals surface area contributed by atoms with Gasteiger partial charge in [0.2, 0.25) is 0 Å². The fourth-order valence-electron chi connectivity index (χ4n) is 2.98. The predicted octanol–water partition coefficient (Wildman–Crippen LogP) is 6.76. The number of hydrogen-bond donors (Lipinski definition) is 0. The van der Waals surface area contributed by atoms with Crippen LogP contribution in [0.5, 0.6) is 0 Å². The Balaban J connectivity index is 2.91. The van der Waals surface area contributed by atoms with Crippen LogP contribution < -0.4 is 0 Å². The van der Waals surface area contributed by atoms with E-state index < -0.39 is 11.7 Å². The molecule has 0 heterocycles. The molecule has 0 aliphatic heterocycles. The van der Waals surface area contributed by atoms with E-state index in [1.54, 1.807) is 6.08 Å². The van der Waals surface area contributed by atoms with Crippen molar-refractivity contribution >= 4 is 6.21 Å². The molecular formula is C21H28F3N. The van der Waals surface area contributed by atoms with Gasteiger partial charge in [0.1, 0.15) is 0 Å². The Hall–Kier alpha value is -1.84. The predicted molar refractivity (Wildman–Crippen MR) is 101 cm³/mol. The molecule has 0 bridgehead atoms. The number of nitrogens with zero attached hydrogens (tertiary/aromatic N) is 1. The first-order valence-corrected chi connectivity index (χ1v) is 8.51. The highest BCUT2D eigenvalue weighted by molar-refractivity contribution is 5.73. The van der Waals surface area contributed by atoms with E-state index in [2.05, 4.69) is 31.8 Å². The van der Waals surface area contributed by atoms with E-state index in [1.165, 1.54) is 30.7 Å². The van der Waals surface area contributed by atoms with Crippen LogP contribution in [-0.4, -0.2) is 19.4 Å². The molecule has 0 aromatic rings. The van der Waals surface area contributed by atoms with Gasteiger partial charge in [-0.2, -0.15) is 13.2 Å². The number of alkyl halides is 3. The molecule has 1 aliphatic carbocycles. The van der Waals surface area contributed by atoms with Gasteiger partial charge in [0.15, 0.2) is 0 Å². The Bertz CT molecular complexity index is 639. The van der Waals surface area contributed by atoms with Gasteiger partial charge in [-0.05, 0) is 56.3 Å². The van der Waals surface area contributed by atoms with Crippen molar-refractivity contribution in [2.24, 2.45) is 10.4 Å². The van der Waals surface area contributed by atoms with Crippen molar-refractivity contribution in [1.82, 2.24) is 0 Å². The van der Waals surface area contributed by atoms with E-state index in [4.69, 9.17) is 0 Å². The topological polar surface area (TPSA) is 12.4 Å². The van der Waals surface area contributed by atoms with E-state index in [0.717, 1.165) is 36.8 Å². The molecule has 4 heteroatoms. The maximum absolute atomic E-state index is 12.9. The molecule has 0 radical (unpaired) electrons. The largest absolute Gasteiger partial charge is 0.416 e. The smallest absolute Gasteiger partial charge is 0.296 e. The minimum absolute atomic E-state index is 0.153. The van der Waals surface area contributed by atoms with Crippen molar-refractivity contribution in [2.75, 3.05) is 7.05 Å². The summed E-state index contributed by atoms with van der Waals surface area (Å²) in [5.74, 6) is 0. The van der Waals surface area contributed by atoms with Crippen molar-refractivity contribution in [2.45, 2.75) is 53.1 Å². The highest BCUT2D eigenvalue weighted by Gasteiger charge is 2.31. The SMILES string of the molecule is CN=C/C=C(/C=C/C=C(C)/C=C/C1=C(C)CCCC1(C)C)C(F)(F)F. The molecule has 1 aliphatic rings. The molecule has 0 atom stereocenters. The van der Waals surface area contributed by atoms with Crippen LogP contribution in [0.1, 0.15) is 47.0 Å². The molecule has 138 valence electrons. The van der Waals surface area contributed by atoms with Crippen molar-refractivity contribution in [3.05, 3.63) is 58.7 Å². The zero-order valence-corrected chi connectivity index (χ0v) is 15.7. The van der Waals surface area contributed by atoms with Gasteiger partial charge in [-0.3, -0.25) is 4.99 Å². The Labute approximate surface area is 149 Å². The highest BCUT2D eigenvalue weighted by atomic mass is 19.4. The molecule has 0 saturated heterocycles. The molecule has 0 saturated carbocycles. The van der Waals surface area contributed by atoms with Crippen molar-refractivity contribution in [1.29, 1.82) is 0 Å². The maximum Gasteiger partial charge on any atom is 0.416 e. The molecular weight excluding hydrogens is 323 g/mol. The van der Waals surface area contributed by atoms with E-state index in [-0.39, 0.29) is 5.41 Å². The number of halogens is 3. The van der Waals surface area contributed by atoms with Gasteiger partial charge in [-0.1, -0.05) is 49.3 Å². The fraction of sp³-hybridized carbons (Fsp3) is 0.476. The summed E-state index contributed by atoms with van der Waals surface area (Å²) in [5, 5.41) is 0. The zero-order chi connectivity index (χ0) is 19.1. The quantitative estimate of drug-likeness (QED) is 0.383. The molecule has 0 amide bonds. The number of aliphatic imine (C=N–C) groups is 1. The normalized spacial score (nSPS) is 20.5. The number of allylic oxidation sites excluding steroid dienone is 10. The van der Waals surface area contributed by atoms with Crippen LogP contribution in [0.25, 0.3) is 0 Å². The molecule has 0 unspecified atom stereocenters. The maximum atomic E-state index is 12.9. The molecule has 1 rings (SSSR count). The second kappa shape index (κ2) is 9.02. The van der Waals surface area contributed by atoms with Gasteiger partial charge in [-0.25, -0.2) is 0 Å². The zero-order valence-electron chi connectivity index (χ0n) is 15.7. The first-order chi connectivity index (χ1) is 11.6. The second-order valence-electron chi connectivity index (χ2n) is 7.06. The average Bonchev–Trinajstić information content (AvgIpc) is 2.48. The average molecular weight is 351 g/mol. The van der Waals surface area contributed by atoms with E-state index in [1.807, 2.05) is 13.0 Å². The van der Waals surface area contributed by atoms with Crippen LogP contribution in [0.4, 0.5) is 13.2 Å². The summed E-state index contributed by atoms with van der Waals surface area (Å²) in [5.41, 5.74) is 3.07. The third-order valence-electron chi connectivity index (χ3n) is 4.42. The first-order valence-electron chi connectivity index (χ1n) is 8.51. The van der Waals surface area contributed by atoms with Crippen LogP contribution in [0, 0.1) is 5.41 Å². The summed E-state index contributed by atoms with van der Waals surface area (Å²) in [4.78, 5) is 3.57. The lowest BCUT2D eigenvalue weighted by atomic mass is 9.72. The van der Waals surface area contributed by atoms with Gasteiger partial charge >= 0.3 is 6.18 Å². The van der Waals surface area contributed by atoms with Gasteiger partial charge in [-0.15, -0.1) is 0 Å². The third-order valence-corrected chi connectivity index (χ3v) is 4.42. The second-order valence-corrected chi connectivity index (χ2v) is 7.06. The monoisotopic (exact) mass is 351 g/mol. The minimum atomic E-state index is -4.39. The lowest BCUT2D eigenvalue weighted by Gasteiger charge is -2.32. The summed E-state index contributed by atoms with van der Waals surface area (Å²) in [6.45, 7) is 8.53. The number of hydrogen-bond acceptors (Lipinski definition) is 1. The van der Waals surface area contributed by atoms with Crippen LogP contribution in [-0.2, 0) is 0 Å². The minimum Gasteiger partial charge on any atom is -0.296 e. The Morgan fingerprint density at radius 1 is 1.16 bits per heavy atom. The van der Waals surface area contributed by atoms with E-state index in [9.17, 15) is 13.2 Å². The molecule has 0 N–H and O–H groups in total. The highest BCUT2D eigenvalue weighted by Crippen LogP contribution is 2.40. The Kier molecular flexibility index (Phi) is 7.65. The van der Waals surface area contributed by atoms with Gasteiger partial charge < -0.3 is 0 Å². The molecule has 25 heavy (non-hydrogen) atoms. The van der Waals surface area contributed by atoms with Gasteiger partial charge in [0, 0.05) is 13.3 Å². The summed E-state index contributed by atoms with van der Waals surface area (Å²) in [6, 6.07) is 0. The number of rotatable bonds is 5. The Morgan fingerprint density at radius 3 is 2.40 bits per heavy atom.